The Labute approximate surface area is 151 Å². The number of benzene rings is 2. The number of thioether (sulfide) groups is 1. The van der Waals surface area contributed by atoms with Gasteiger partial charge in [-0.1, -0.05) is 30.3 Å². The van der Waals surface area contributed by atoms with E-state index in [9.17, 15) is 4.79 Å². The number of amides is 1. The molecule has 1 aromatic heterocycles. The zero-order chi connectivity index (χ0) is 17.2. The van der Waals surface area contributed by atoms with Gasteiger partial charge in [-0.05, 0) is 30.0 Å². The minimum atomic E-state index is 0.0854. The van der Waals surface area contributed by atoms with E-state index in [-0.39, 0.29) is 5.91 Å². The molecule has 4 rings (SSSR count). The van der Waals surface area contributed by atoms with E-state index in [4.69, 9.17) is 0 Å². The Bertz CT molecular complexity index is 898. The molecule has 2 N–H and O–H groups in total. The third-order valence-electron chi connectivity index (χ3n) is 4.69. The highest BCUT2D eigenvalue weighted by Gasteiger charge is 2.24. The first-order chi connectivity index (χ1) is 12.3. The standard InChI is InChI=1S/C20H21N3OS/c1-25-15-7-8-17-16(13-15)18(14-5-3-2-4-6-14)19(22-17)20(24)23-11-9-21-10-12-23/h2-8,13,21-22H,9-12H2,1H3. The molecule has 0 atom stereocenters. The van der Waals surface area contributed by atoms with Crippen LogP contribution in [0.25, 0.3) is 22.0 Å². The van der Waals surface area contributed by atoms with Crippen molar-refractivity contribution in [3.63, 3.8) is 0 Å². The summed E-state index contributed by atoms with van der Waals surface area (Å²) < 4.78 is 0. The first kappa shape index (κ1) is 16.2. The van der Waals surface area contributed by atoms with Crippen LogP contribution in [0.4, 0.5) is 0 Å². The lowest BCUT2D eigenvalue weighted by Crippen LogP contribution is -2.46. The first-order valence-corrected chi connectivity index (χ1v) is 9.75. The van der Waals surface area contributed by atoms with E-state index in [1.165, 1.54) is 4.90 Å². The number of nitrogens with zero attached hydrogens (tertiary/aromatic N) is 1. The Morgan fingerprint density at radius 2 is 1.84 bits per heavy atom. The van der Waals surface area contributed by atoms with Crippen LogP contribution in [0.1, 0.15) is 10.5 Å². The van der Waals surface area contributed by atoms with Gasteiger partial charge < -0.3 is 15.2 Å². The minimum Gasteiger partial charge on any atom is -0.350 e. The number of nitrogens with one attached hydrogen (secondary N) is 2. The normalized spacial score (nSPS) is 14.8. The van der Waals surface area contributed by atoms with Gasteiger partial charge in [-0.2, -0.15) is 0 Å². The number of carbonyl (C=O) groups is 1. The summed E-state index contributed by atoms with van der Waals surface area (Å²) in [6.45, 7) is 3.20. The van der Waals surface area contributed by atoms with Crippen LogP contribution in [0.15, 0.2) is 53.4 Å². The number of aromatic nitrogens is 1. The van der Waals surface area contributed by atoms with E-state index in [0.29, 0.717) is 5.69 Å². The van der Waals surface area contributed by atoms with E-state index in [2.05, 4.69) is 46.9 Å². The molecular formula is C20H21N3OS. The van der Waals surface area contributed by atoms with Gasteiger partial charge in [-0.3, -0.25) is 4.79 Å². The predicted octanol–water partition coefficient (Wildman–Crippen LogP) is 3.60. The average molecular weight is 351 g/mol. The second-order valence-corrected chi connectivity index (χ2v) is 7.07. The molecule has 0 bridgehead atoms. The molecule has 0 unspecified atom stereocenters. The molecule has 0 radical (unpaired) electrons. The van der Waals surface area contributed by atoms with Gasteiger partial charge in [0.15, 0.2) is 0 Å². The van der Waals surface area contributed by atoms with Gasteiger partial charge in [-0.15, -0.1) is 11.8 Å². The van der Waals surface area contributed by atoms with Crippen LogP contribution in [-0.4, -0.2) is 48.2 Å². The molecule has 1 fully saturated rings. The molecule has 1 aliphatic rings. The summed E-state index contributed by atoms with van der Waals surface area (Å²) in [6, 6.07) is 16.5. The van der Waals surface area contributed by atoms with Crippen molar-refractivity contribution in [1.29, 1.82) is 0 Å². The molecule has 0 spiro atoms. The fraction of sp³-hybridized carbons (Fsp3) is 0.250. The van der Waals surface area contributed by atoms with Crippen LogP contribution in [0.2, 0.25) is 0 Å². The van der Waals surface area contributed by atoms with E-state index in [1.54, 1.807) is 11.8 Å². The number of H-pyrrole nitrogens is 1. The quantitative estimate of drug-likeness (QED) is 0.709. The first-order valence-electron chi connectivity index (χ1n) is 8.53. The molecule has 1 aliphatic heterocycles. The molecule has 1 amide bonds. The maximum Gasteiger partial charge on any atom is 0.271 e. The molecule has 1 saturated heterocycles. The summed E-state index contributed by atoms with van der Waals surface area (Å²) in [5, 5.41) is 4.41. The number of rotatable bonds is 3. The molecule has 5 heteroatoms. The Kier molecular flexibility index (Phi) is 4.51. The highest BCUT2D eigenvalue weighted by Crippen LogP contribution is 2.35. The number of fused-ring (bicyclic) bond motifs is 1. The number of carbonyl (C=O) groups excluding carboxylic acids is 1. The maximum absolute atomic E-state index is 13.2. The summed E-state index contributed by atoms with van der Waals surface area (Å²) in [7, 11) is 0. The SMILES string of the molecule is CSc1ccc2[nH]c(C(=O)N3CCNCC3)c(-c3ccccc3)c2c1. The molecule has 25 heavy (non-hydrogen) atoms. The number of aromatic amines is 1. The lowest BCUT2D eigenvalue weighted by molar-refractivity contribution is 0.0731. The van der Waals surface area contributed by atoms with Crippen LogP contribution < -0.4 is 5.32 Å². The van der Waals surface area contributed by atoms with Crippen molar-refractivity contribution in [3.05, 3.63) is 54.2 Å². The lowest BCUT2D eigenvalue weighted by atomic mass is 10.0. The lowest BCUT2D eigenvalue weighted by Gasteiger charge is -2.27. The Morgan fingerprint density at radius 3 is 2.56 bits per heavy atom. The van der Waals surface area contributed by atoms with Gasteiger partial charge in [0.1, 0.15) is 5.69 Å². The minimum absolute atomic E-state index is 0.0854. The molecule has 4 nitrogen and oxygen atoms in total. The maximum atomic E-state index is 13.2. The van der Waals surface area contributed by atoms with Crippen molar-refractivity contribution in [3.8, 4) is 11.1 Å². The Balaban J connectivity index is 1.89. The molecule has 2 heterocycles. The van der Waals surface area contributed by atoms with E-state index in [1.807, 2.05) is 23.1 Å². The predicted molar refractivity (Wildman–Crippen MR) is 104 cm³/mol. The largest absolute Gasteiger partial charge is 0.350 e. The average Bonchev–Trinajstić information content (AvgIpc) is 3.07. The van der Waals surface area contributed by atoms with Crippen LogP contribution in [0, 0.1) is 0 Å². The second-order valence-electron chi connectivity index (χ2n) is 6.19. The zero-order valence-electron chi connectivity index (χ0n) is 14.2. The van der Waals surface area contributed by atoms with Crippen molar-refractivity contribution in [2.24, 2.45) is 0 Å². The van der Waals surface area contributed by atoms with Crippen molar-refractivity contribution in [1.82, 2.24) is 15.2 Å². The molecule has 0 aliphatic carbocycles. The van der Waals surface area contributed by atoms with E-state index >= 15 is 0 Å². The zero-order valence-corrected chi connectivity index (χ0v) is 15.0. The van der Waals surface area contributed by atoms with Crippen molar-refractivity contribution < 1.29 is 4.79 Å². The molecule has 2 aromatic carbocycles. The smallest absolute Gasteiger partial charge is 0.271 e. The molecule has 128 valence electrons. The van der Waals surface area contributed by atoms with Gasteiger partial charge in [-0.25, -0.2) is 0 Å². The van der Waals surface area contributed by atoms with Crippen molar-refractivity contribution >= 4 is 28.6 Å². The van der Waals surface area contributed by atoms with Gasteiger partial charge in [0, 0.05) is 47.5 Å². The highest BCUT2D eigenvalue weighted by atomic mass is 32.2. The van der Waals surface area contributed by atoms with Gasteiger partial charge in [0.25, 0.3) is 5.91 Å². The summed E-state index contributed by atoms with van der Waals surface area (Å²) in [6.07, 6.45) is 2.07. The summed E-state index contributed by atoms with van der Waals surface area (Å²) in [4.78, 5) is 19.7. The van der Waals surface area contributed by atoms with E-state index < -0.39 is 0 Å². The summed E-state index contributed by atoms with van der Waals surface area (Å²) in [5.74, 6) is 0.0854. The summed E-state index contributed by atoms with van der Waals surface area (Å²) in [5.41, 5.74) is 3.79. The van der Waals surface area contributed by atoms with Crippen LogP contribution >= 0.6 is 11.8 Å². The number of piperazine rings is 1. The van der Waals surface area contributed by atoms with Gasteiger partial charge >= 0.3 is 0 Å². The highest BCUT2D eigenvalue weighted by molar-refractivity contribution is 7.98. The molecule has 0 saturated carbocycles. The monoisotopic (exact) mass is 351 g/mol. The van der Waals surface area contributed by atoms with Crippen LogP contribution in [0.5, 0.6) is 0 Å². The van der Waals surface area contributed by atoms with Crippen LogP contribution in [0.3, 0.4) is 0 Å². The topological polar surface area (TPSA) is 48.1 Å². The van der Waals surface area contributed by atoms with Crippen molar-refractivity contribution in [2.45, 2.75) is 4.90 Å². The third kappa shape index (κ3) is 3.05. The Hall–Kier alpha value is -2.24. The van der Waals surface area contributed by atoms with Crippen molar-refractivity contribution in [2.75, 3.05) is 32.4 Å². The number of hydrogen-bond acceptors (Lipinski definition) is 3. The van der Waals surface area contributed by atoms with Crippen LogP contribution in [-0.2, 0) is 0 Å². The second kappa shape index (κ2) is 6.94. The Morgan fingerprint density at radius 1 is 1.08 bits per heavy atom. The fourth-order valence-corrected chi connectivity index (χ4v) is 3.83. The van der Waals surface area contributed by atoms with Gasteiger partial charge in [0.2, 0.25) is 0 Å². The van der Waals surface area contributed by atoms with E-state index in [0.717, 1.165) is 48.2 Å². The number of hydrogen-bond donors (Lipinski definition) is 2. The molecule has 3 aromatic rings. The summed E-state index contributed by atoms with van der Waals surface area (Å²) >= 11 is 1.72. The fourth-order valence-electron chi connectivity index (χ4n) is 3.39. The molecular weight excluding hydrogens is 330 g/mol. The third-order valence-corrected chi connectivity index (χ3v) is 5.41. The van der Waals surface area contributed by atoms with Gasteiger partial charge in [0.05, 0.1) is 0 Å².